The summed E-state index contributed by atoms with van der Waals surface area (Å²) in [6.45, 7) is 2.11. The predicted molar refractivity (Wildman–Crippen MR) is 74.7 cm³/mol. The molecule has 1 saturated carbocycles. The molecule has 104 valence electrons. The lowest BCUT2D eigenvalue weighted by Crippen LogP contribution is -2.23. The quantitative estimate of drug-likeness (QED) is 0.630. The predicted octanol–water partition coefficient (Wildman–Crippen LogP) is 3.59. The highest BCUT2D eigenvalue weighted by atomic mass is 16.6. The van der Waals surface area contributed by atoms with E-state index in [0.29, 0.717) is 17.5 Å². The molecule has 1 fully saturated rings. The van der Waals surface area contributed by atoms with E-state index < -0.39 is 0 Å². The lowest BCUT2D eigenvalue weighted by atomic mass is 9.81. The van der Waals surface area contributed by atoms with Crippen LogP contribution in [0.3, 0.4) is 0 Å². The molecule has 1 N–H and O–H groups in total. The van der Waals surface area contributed by atoms with Gasteiger partial charge in [-0.05, 0) is 25.3 Å². The summed E-state index contributed by atoms with van der Waals surface area (Å²) in [7, 11) is 1.57. The average Bonchev–Trinajstić information content (AvgIpc) is 2.33. The lowest BCUT2D eigenvalue weighted by molar-refractivity contribution is -0.384. The normalized spacial score (nSPS) is 16.5. The number of benzene rings is 1. The SMILES string of the molecule is COc1ccc([N+](=O)[O-])cc1NC(C)CC1CCC1. The molecule has 0 radical (unpaired) electrons. The zero-order valence-corrected chi connectivity index (χ0v) is 11.4. The van der Waals surface area contributed by atoms with E-state index in [0.717, 1.165) is 12.3 Å². The van der Waals surface area contributed by atoms with Crippen LogP contribution in [0.25, 0.3) is 0 Å². The molecule has 1 aromatic rings. The van der Waals surface area contributed by atoms with Gasteiger partial charge in [-0.15, -0.1) is 0 Å². The van der Waals surface area contributed by atoms with Crippen molar-refractivity contribution in [1.82, 2.24) is 0 Å². The Morgan fingerprint density at radius 2 is 2.26 bits per heavy atom. The van der Waals surface area contributed by atoms with Crippen LogP contribution < -0.4 is 10.1 Å². The third-order valence-corrected chi connectivity index (χ3v) is 3.71. The first kappa shape index (κ1) is 13.6. The minimum absolute atomic E-state index is 0.0825. The summed E-state index contributed by atoms with van der Waals surface area (Å²) in [6.07, 6.45) is 5.04. The minimum Gasteiger partial charge on any atom is -0.495 e. The highest BCUT2D eigenvalue weighted by molar-refractivity contribution is 5.61. The van der Waals surface area contributed by atoms with Crippen LogP contribution in [0, 0.1) is 16.0 Å². The number of nitro benzene ring substituents is 1. The Kier molecular flexibility index (Phi) is 4.24. The van der Waals surface area contributed by atoms with Gasteiger partial charge in [0.15, 0.2) is 0 Å². The highest BCUT2D eigenvalue weighted by Gasteiger charge is 2.21. The van der Waals surface area contributed by atoms with Crippen LogP contribution in [-0.2, 0) is 0 Å². The fraction of sp³-hybridized carbons (Fsp3) is 0.571. The third-order valence-electron chi connectivity index (χ3n) is 3.71. The number of methoxy groups -OCH3 is 1. The van der Waals surface area contributed by atoms with Gasteiger partial charge in [0.2, 0.25) is 0 Å². The van der Waals surface area contributed by atoms with Crippen molar-refractivity contribution in [2.45, 2.75) is 38.6 Å². The number of non-ortho nitro benzene ring substituents is 1. The Morgan fingerprint density at radius 3 is 2.79 bits per heavy atom. The van der Waals surface area contributed by atoms with Gasteiger partial charge in [0, 0.05) is 18.2 Å². The van der Waals surface area contributed by atoms with E-state index in [1.54, 1.807) is 13.2 Å². The molecular formula is C14H20N2O3. The van der Waals surface area contributed by atoms with Crippen molar-refractivity contribution < 1.29 is 9.66 Å². The van der Waals surface area contributed by atoms with Crippen molar-refractivity contribution in [1.29, 1.82) is 0 Å². The topological polar surface area (TPSA) is 64.4 Å². The zero-order valence-electron chi connectivity index (χ0n) is 11.4. The molecule has 1 atom stereocenters. The molecule has 5 nitrogen and oxygen atoms in total. The van der Waals surface area contributed by atoms with Crippen LogP contribution in [0.4, 0.5) is 11.4 Å². The zero-order chi connectivity index (χ0) is 13.8. The van der Waals surface area contributed by atoms with E-state index in [9.17, 15) is 10.1 Å². The van der Waals surface area contributed by atoms with Crippen LogP contribution in [0.1, 0.15) is 32.6 Å². The second-order valence-electron chi connectivity index (χ2n) is 5.22. The van der Waals surface area contributed by atoms with Gasteiger partial charge in [-0.3, -0.25) is 10.1 Å². The molecule has 19 heavy (non-hydrogen) atoms. The number of ether oxygens (including phenoxy) is 1. The Balaban J connectivity index is 2.07. The molecule has 1 aromatic carbocycles. The molecule has 5 heteroatoms. The molecule has 0 amide bonds. The average molecular weight is 264 g/mol. The van der Waals surface area contributed by atoms with Gasteiger partial charge in [-0.2, -0.15) is 0 Å². The maximum absolute atomic E-state index is 10.8. The first-order valence-corrected chi connectivity index (χ1v) is 6.69. The smallest absolute Gasteiger partial charge is 0.271 e. The fourth-order valence-electron chi connectivity index (χ4n) is 2.48. The number of anilines is 1. The number of nitrogens with one attached hydrogen (secondary N) is 1. The van der Waals surface area contributed by atoms with Gasteiger partial charge in [0.25, 0.3) is 5.69 Å². The first-order valence-electron chi connectivity index (χ1n) is 6.69. The number of nitrogens with zero attached hydrogens (tertiary/aromatic N) is 1. The van der Waals surface area contributed by atoms with Gasteiger partial charge in [-0.25, -0.2) is 0 Å². The molecule has 1 unspecified atom stereocenters. The summed E-state index contributed by atoms with van der Waals surface area (Å²) >= 11 is 0. The monoisotopic (exact) mass is 264 g/mol. The number of hydrogen-bond donors (Lipinski definition) is 1. The molecule has 1 aliphatic carbocycles. The number of nitro groups is 1. The molecule has 0 aliphatic heterocycles. The minimum atomic E-state index is -0.388. The van der Waals surface area contributed by atoms with E-state index >= 15 is 0 Å². The van der Waals surface area contributed by atoms with Crippen molar-refractivity contribution in [2.24, 2.45) is 5.92 Å². The summed E-state index contributed by atoms with van der Waals surface area (Å²) < 4.78 is 5.24. The van der Waals surface area contributed by atoms with E-state index in [1.165, 1.54) is 31.4 Å². The molecule has 0 spiro atoms. The molecule has 0 aromatic heterocycles. The highest BCUT2D eigenvalue weighted by Crippen LogP contribution is 2.33. The van der Waals surface area contributed by atoms with Crippen molar-refractivity contribution >= 4 is 11.4 Å². The van der Waals surface area contributed by atoms with Crippen LogP contribution in [0.15, 0.2) is 18.2 Å². The number of hydrogen-bond acceptors (Lipinski definition) is 4. The standard InChI is InChI=1S/C14H20N2O3/c1-10(8-11-4-3-5-11)15-13-9-12(16(17)18)6-7-14(13)19-2/h6-7,9-11,15H,3-5,8H2,1-2H3. The van der Waals surface area contributed by atoms with Crippen LogP contribution in [-0.4, -0.2) is 18.1 Å². The van der Waals surface area contributed by atoms with Gasteiger partial charge in [0.05, 0.1) is 17.7 Å². The molecule has 1 aliphatic rings. The first-order chi connectivity index (χ1) is 9.10. The summed E-state index contributed by atoms with van der Waals surface area (Å²) in [4.78, 5) is 10.4. The second kappa shape index (κ2) is 5.91. The van der Waals surface area contributed by atoms with E-state index in [4.69, 9.17) is 4.74 Å². The van der Waals surface area contributed by atoms with Crippen LogP contribution in [0.5, 0.6) is 5.75 Å². The summed E-state index contributed by atoms with van der Waals surface area (Å²) in [5.74, 6) is 1.44. The Bertz CT molecular complexity index is 458. The van der Waals surface area contributed by atoms with Crippen LogP contribution >= 0.6 is 0 Å². The Hall–Kier alpha value is -1.78. The largest absolute Gasteiger partial charge is 0.495 e. The second-order valence-corrected chi connectivity index (χ2v) is 5.22. The third kappa shape index (κ3) is 3.36. The van der Waals surface area contributed by atoms with Gasteiger partial charge in [-0.1, -0.05) is 19.3 Å². The summed E-state index contributed by atoms with van der Waals surface area (Å²) in [6, 6.07) is 4.92. The van der Waals surface area contributed by atoms with Crippen molar-refractivity contribution in [2.75, 3.05) is 12.4 Å². The summed E-state index contributed by atoms with van der Waals surface area (Å²) in [5.41, 5.74) is 0.780. The van der Waals surface area contributed by atoms with Gasteiger partial charge in [0.1, 0.15) is 5.75 Å². The number of rotatable bonds is 6. The van der Waals surface area contributed by atoms with Gasteiger partial charge >= 0.3 is 0 Å². The van der Waals surface area contributed by atoms with Gasteiger partial charge < -0.3 is 10.1 Å². The Morgan fingerprint density at radius 1 is 1.53 bits per heavy atom. The molecule has 0 saturated heterocycles. The van der Waals surface area contributed by atoms with Crippen molar-refractivity contribution in [3.8, 4) is 5.75 Å². The van der Waals surface area contributed by atoms with E-state index in [1.807, 2.05) is 0 Å². The van der Waals surface area contributed by atoms with Crippen LogP contribution in [0.2, 0.25) is 0 Å². The fourth-order valence-corrected chi connectivity index (χ4v) is 2.48. The van der Waals surface area contributed by atoms with Crippen molar-refractivity contribution in [3.63, 3.8) is 0 Å². The summed E-state index contributed by atoms with van der Waals surface area (Å²) in [5, 5.41) is 14.1. The van der Waals surface area contributed by atoms with E-state index in [-0.39, 0.29) is 10.6 Å². The molecular weight excluding hydrogens is 244 g/mol. The van der Waals surface area contributed by atoms with E-state index in [2.05, 4.69) is 12.2 Å². The Labute approximate surface area is 113 Å². The molecule has 0 bridgehead atoms. The maximum Gasteiger partial charge on any atom is 0.271 e. The molecule has 0 heterocycles. The molecule has 2 rings (SSSR count). The lowest BCUT2D eigenvalue weighted by Gasteiger charge is -2.29. The maximum atomic E-state index is 10.8. The van der Waals surface area contributed by atoms with Crippen molar-refractivity contribution in [3.05, 3.63) is 28.3 Å².